The fraction of sp³-hybridized carbons (Fsp3) is 0.308. The highest BCUT2D eigenvalue weighted by Crippen LogP contribution is 2.26. The Morgan fingerprint density at radius 2 is 2.06 bits per heavy atom. The van der Waals surface area contributed by atoms with Gasteiger partial charge in [0.15, 0.2) is 0 Å². The summed E-state index contributed by atoms with van der Waals surface area (Å²) in [7, 11) is 0. The SMILES string of the molecule is Cc1ccc(N)cc1-n1c(O)c(C(C)C)[nH]c1=O. The van der Waals surface area contributed by atoms with Crippen molar-refractivity contribution >= 4 is 5.69 Å². The first-order valence-corrected chi connectivity index (χ1v) is 5.82. The first-order valence-electron chi connectivity index (χ1n) is 5.82. The molecule has 0 radical (unpaired) electrons. The number of aryl methyl sites for hydroxylation is 1. The van der Waals surface area contributed by atoms with Gasteiger partial charge in [0.25, 0.3) is 0 Å². The molecular weight excluding hydrogens is 230 g/mol. The van der Waals surface area contributed by atoms with Crippen molar-refractivity contribution in [1.82, 2.24) is 9.55 Å². The number of nitrogens with zero attached hydrogens (tertiary/aromatic N) is 1. The lowest BCUT2D eigenvalue weighted by Gasteiger charge is -2.09. The number of hydrogen-bond acceptors (Lipinski definition) is 3. The highest BCUT2D eigenvalue weighted by Gasteiger charge is 2.18. The van der Waals surface area contributed by atoms with Crippen LogP contribution < -0.4 is 11.4 Å². The van der Waals surface area contributed by atoms with Crippen LogP contribution in [0, 0.1) is 6.92 Å². The molecule has 0 spiro atoms. The highest BCUT2D eigenvalue weighted by molar-refractivity contribution is 5.53. The molecule has 4 N–H and O–H groups in total. The zero-order chi connectivity index (χ0) is 13.4. The van der Waals surface area contributed by atoms with Crippen LogP contribution in [0.3, 0.4) is 0 Å². The summed E-state index contributed by atoms with van der Waals surface area (Å²) >= 11 is 0. The third-order valence-corrected chi connectivity index (χ3v) is 2.95. The Hall–Kier alpha value is -2.17. The lowest BCUT2D eigenvalue weighted by molar-refractivity contribution is 0.431. The van der Waals surface area contributed by atoms with Crippen LogP contribution in [0.2, 0.25) is 0 Å². The summed E-state index contributed by atoms with van der Waals surface area (Å²) in [5.41, 5.74) is 7.92. The molecule has 96 valence electrons. The largest absolute Gasteiger partial charge is 0.493 e. The van der Waals surface area contributed by atoms with Crippen molar-refractivity contribution in [2.75, 3.05) is 5.73 Å². The van der Waals surface area contributed by atoms with Crippen molar-refractivity contribution in [2.45, 2.75) is 26.7 Å². The predicted octanol–water partition coefficient (Wildman–Crippen LogP) is 1.89. The maximum atomic E-state index is 11.9. The van der Waals surface area contributed by atoms with Crippen molar-refractivity contribution < 1.29 is 5.11 Å². The van der Waals surface area contributed by atoms with E-state index in [0.717, 1.165) is 5.56 Å². The second-order valence-electron chi connectivity index (χ2n) is 4.70. The number of hydrogen-bond donors (Lipinski definition) is 3. The topological polar surface area (TPSA) is 84.0 Å². The summed E-state index contributed by atoms with van der Waals surface area (Å²) < 4.78 is 1.25. The van der Waals surface area contributed by atoms with Crippen LogP contribution in [0.1, 0.15) is 31.0 Å². The second kappa shape index (κ2) is 4.25. The van der Waals surface area contributed by atoms with E-state index in [1.54, 1.807) is 12.1 Å². The Bertz CT molecular complexity index is 638. The summed E-state index contributed by atoms with van der Waals surface area (Å²) in [6, 6.07) is 5.25. The van der Waals surface area contributed by atoms with Gasteiger partial charge in [-0.15, -0.1) is 0 Å². The standard InChI is InChI=1S/C13H17N3O2/c1-7(2)11-12(17)16(13(18)15-11)10-6-9(14)5-4-8(10)3/h4-7,17H,14H2,1-3H3,(H,15,18). The minimum absolute atomic E-state index is 0.0420. The quantitative estimate of drug-likeness (QED) is 0.708. The normalized spacial score (nSPS) is 11.1. The molecule has 5 heteroatoms. The summed E-state index contributed by atoms with van der Waals surface area (Å²) in [5.74, 6) is -0.0102. The molecule has 0 fully saturated rings. The van der Waals surface area contributed by atoms with E-state index < -0.39 is 0 Å². The van der Waals surface area contributed by atoms with Crippen molar-refractivity contribution in [1.29, 1.82) is 0 Å². The average Bonchev–Trinajstić information content (AvgIpc) is 2.58. The van der Waals surface area contributed by atoms with E-state index >= 15 is 0 Å². The molecule has 0 amide bonds. The van der Waals surface area contributed by atoms with Gasteiger partial charge in [0.05, 0.1) is 11.4 Å². The minimum atomic E-state index is -0.357. The molecule has 2 aromatic rings. The Morgan fingerprint density at radius 3 is 2.61 bits per heavy atom. The molecule has 0 aliphatic rings. The minimum Gasteiger partial charge on any atom is -0.493 e. The van der Waals surface area contributed by atoms with E-state index in [0.29, 0.717) is 17.1 Å². The van der Waals surface area contributed by atoms with E-state index in [1.807, 2.05) is 26.8 Å². The van der Waals surface area contributed by atoms with Gasteiger partial charge in [0, 0.05) is 5.69 Å². The third kappa shape index (κ3) is 1.88. The Kier molecular flexibility index (Phi) is 2.90. The predicted molar refractivity (Wildman–Crippen MR) is 71.3 cm³/mol. The number of nitrogen functional groups attached to an aromatic ring is 1. The van der Waals surface area contributed by atoms with Crippen LogP contribution in [-0.2, 0) is 0 Å². The molecule has 5 nitrogen and oxygen atoms in total. The Morgan fingerprint density at radius 1 is 1.39 bits per heavy atom. The zero-order valence-electron chi connectivity index (χ0n) is 10.7. The van der Waals surface area contributed by atoms with Gasteiger partial charge in [-0.2, -0.15) is 0 Å². The molecule has 0 saturated carbocycles. The molecule has 18 heavy (non-hydrogen) atoms. The number of nitrogens with one attached hydrogen (secondary N) is 1. The van der Waals surface area contributed by atoms with Gasteiger partial charge in [-0.3, -0.25) is 0 Å². The lowest BCUT2D eigenvalue weighted by atomic mass is 10.1. The maximum Gasteiger partial charge on any atom is 0.333 e. The van der Waals surface area contributed by atoms with Gasteiger partial charge < -0.3 is 15.8 Å². The highest BCUT2D eigenvalue weighted by atomic mass is 16.3. The van der Waals surface area contributed by atoms with Gasteiger partial charge >= 0.3 is 5.69 Å². The van der Waals surface area contributed by atoms with E-state index in [-0.39, 0.29) is 17.5 Å². The summed E-state index contributed by atoms with van der Waals surface area (Å²) in [6.07, 6.45) is 0. The van der Waals surface area contributed by atoms with Crippen LogP contribution in [0.25, 0.3) is 5.69 Å². The number of H-pyrrole nitrogens is 1. The molecule has 1 heterocycles. The number of imidazole rings is 1. The van der Waals surface area contributed by atoms with E-state index in [9.17, 15) is 9.90 Å². The van der Waals surface area contributed by atoms with E-state index in [1.165, 1.54) is 4.57 Å². The summed E-state index contributed by atoms with van der Waals surface area (Å²) in [5, 5.41) is 10.1. The number of aromatic nitrogens is 2. The van der Waals surface area contributed by atoms with Crippen molar-refractivity contribution in [2.24, 2.45) is 0 Å². The zero-order valence-corrected chi connectivity index (χ0v) is 10.7. The van der Waals surface area contributed by atoms with Crippen molar-refractivity contribution in [3.8, 4) is 11.6 Å². The van der Waals surface area contributed by atoms with Gasteiger partial charge in [-0.25, -0.2) is 9.36 Å². The van der Waals surface area contributed by atoms with Crippen LogP contribution in [0.4, 0.5) is 5.69 Å². The number of benzene rings is 1. The number of anilines is 1. The van der Waals surface area contributed by atoms with Gasteiger partial charge in [0.2, 0.25) is 5.88 Å². The smallest absolute Gasteiger partial charge is 0.333 e. The van der Waals surface area contributed by atoms with Crippen LogP contribution in [0.5, 0.6) is 5.88 Å². The van der Waals surface area contributed by atoms with E-state index in [2.05, 4.69) is 4.98 Å². The first kappa shape index (κ1) is 12.3. The molecule has 1 aromatic heterocycles. The van der Waals surface area contributed by atoms with Crippen LogP contribution in [-0.4, -0.2) is 14.7 Å². The van der Waals surface area contributed by atoms with Crippen molar-refractivity contribution in [3.05, 3.63) is 39.9 Å². The molecule has 0 unspecified atom stereocenters. The first-order chi connectivity index (χ1) is 8.41. The van der Waals surface area contributed by atoms with Crippen LogP contribution in [0.15, 0.2) is 23.0 Å². The molecule has 0 aliphatic heterocycles. The molecule has 0 aliphatic carbocycles. The number of aromatic hydroxyl groups is 1. The maximum absolute atomic E-state index is 11.9. The summed E-state index contributed by atoms with van der Waals surface area (Å²) in [6.45, 7) is 5.67. The van der Waals surface area contributed by atoms with Gasteiger partial charge in [-0.1, -0.05) is 19.9 Å². The monoisotopic (exact) mass is 247 g/mol. The lowest BCUT2D eigenvalue weighted by Crippen LogP contribution is -2.15. The fourth-order valence-corrected chi connectivity index (χ4v) is 1.94. The average molecular weight is 247 g/mol. The van der Waals surface area contributed by atoms with Gasteiger partial charge in [0.1, 0.15) is 0 Å². The molecular formula is C13H17N3O2. The Labute approximate surface area is 105 Å². The molecule has 0 saturated heterocycles. The van der Waals surface area contributed by atoms with Crippen molar-refractivity contribution in [3.63, 3.8) is 0 Å². The fourth-order valence-electron chi connectivity index (χ4n) is 1.94. The molecule has 2 rings (SSSR count). The Balaban J connectivity index is 2.72. The van der Waals surface area contributed by atoms with Crippen LogP contribution >= 0.6 is 0 Å². The third-order valence-electron chi connectivity index (χ3n) is 2.95. The number of nitrogens with two attached hydrogens (primary N) is 1. The number of rotatable bonds is 2. The molecule has 0 atom stereocenters. The second-order valence-corrected chi connectivity index (χ2v) is 4.70. The van der Waals surface area contributed by atoms with Gasteiger partial charge in [-0.05, 0) is 30.5 Å². The summed E-state index contributed by atoms with van der Waals surface area (Å²) in [4.78, 5) is 14.6. The molecule has 0 bridgehead atoms. The molecule has 1 aromatic carbocycles. The number of aromatic amines is 1. The van der Waals surface area contributed by atoms with E-state index in [4.69, 9.17) is 5.73 Å².